The van der Waals surface area contributed by atoms with E-state index in [4.69, 9.17) is 0 Å². The van der Waals surface area contributed by atoms with Crippen LogP contribution >= 0.6 is 0 Å². The summed E-state index contributed by atoms with van der Waals surface area (Å²) in [4.78, 5) is 11.3. The van der Waals surface area contributed by atoms with Crippen LogP contribution in [0, 0.1) is 0 Å². The first-order chi connectivity index (χ1) is 8.36. The number of nitrogens with zero attached hydrogens (tertiary/aromatic N) is 1. The molecular formula is C11H13F3N2O2. The van der Waals surface area contributed by atoms with E-state index in [1.54, 1.807) is 0 Å². The SMILES string of the molecule is CCCNC(=O)N(O)c1cccc(C(F)(F)F)c1. The summed E-state index contributed by atoms with van der Waals surface area (Å²) in [5.74, 6) is 0. The van der Waals surface area contributed by atoms with E-state index in [1.807, 2.05) is 6.92 Å². The van der Waals surface area contributed by atoms with Crippen molar-refractivity contribution in [2.45, 2.75) is 19.5 Å². The predicted octanol–water partition coefficient (Wildman–Crippen LogP) is 3.02. The molecule has 0 atom stereocenters. The first-order valence-corrected chi connectivity index (χ1v) is 5.30. The van der Waals surface area contributed by atoms with E-state index in [2.05, 4.69) is 5.32 Å². The van der Waals surface area contributed by atoms with E-state index in [9.17, 15) is 23.2 Å². The van der Waals surface area contributed by atoms with Crippen LogP contribution in [-0.2, 0) is 6.18 Å². The van der Waals surface area contributed by atoms with Gasteiger partial charge in [0.2, 0.25) is 0 Å². The van der Waals surface area contributed by atoms with Gasteiger partial charge in [-0.05, 0) is 24.6 Å². The zero-order valence-corrected chi connectivity index (χ0v) is 9.66. The van der Waals surface area contributed by atoms with Crippen LogP contribution in [-0.4, -0.2) is 17.8 Å². The molecule has 0 saturated carbocycles. The summed E-state index contributed by atoms with van der Waals surface area (Å²) in [5, 5.41) is 12.0. The number of benzene rings is 1. The number of hydroxylamine groups is 1. The van der Waals surface area contributed by atoms with Crippen molar-refractivity contribution in [3.8, 4) is 0 Å². The Bertz CT molecular complexity index is 421. The third-order valence-corrected chi connectivity index (χ3v) is 2.14. The molecular weight excluding hydrogens is 249 g/mol. The van der Waals surface area contributed by atoms with Gasteiger partial charge in [-0.3, -0.25) is 5.21 Å². The van der Waals surface area contributed by atoms with Crippen molar-refractivity contribution < 1.29 is 23.2 Å². The zero-order chi connectivity index (χ0) is 13.8. The second-order valence-electron chi connectivity index (χ2n) is 3.59. The number of hydrogen-bond acceptors (Lipinski definition) is 2. The van der Waals surface area contributed by atoms with E-state index in [-0.39, 0.29) is 10.8 Å². The van der Waals surface area contributed by atoms with E-state index in [1.165, 1.54) is 6.07 Å². The van der Waals surface area contributed by atoms with Crippen molar-refractivity contribution >= 4 is 11.7 Å². The largest absolute Gasteiger partial charge is 0.416 e. The molecule has 2 N–H and O–H groups in total. The van der Waals surface area contributed by atoms with Crippen molar-refractivity contribution in [2.75, 3.05) is 11.6 Å². The molecule has 0 radical (unpaired) electrons. The molecule has 100 valence electrons. The molecule has 0 aliphatic rings. The number of urea groups is 1. The Morgan fingerprint density at radius 1 is 1.44 bits per heavy atom. The van der Waals surface area contributed by atoms with Crippen molar-refractivity contribution in [2.24, 2.45) is 0 Å². The molecule has 0 bridgehead atoms. The number of carbonyl (C=O) groups excluding carboxylic acids is 1. The topological polar surface area (TPSA) is 52.6 Å². The van der Waals surface area contributed by atoms with Gasteiger partial charge in [-0.15, -0.1) is 0 Å². The zero-order valence-electron chi connectivity index (χ0n) is 9.66. The van der Waals surface area contributed by atoms with Gasteiger partial charge in [0, 0.05) is 6.54 Å². The smallest absolute Gasteiger partial charge is 0.336 e. The molecule has 1 aromatic rings. The number of rotatable bonds is 3. The molecule has 7 heteroatoms. The summed E-state index contributed by atoms with van der Waals surface area (Å²) in [6, 6.07) is 3.03. The molecule has 0 aliphatic carbocycles. The highest BCUT2D eigenvalue weighted by Crippen LogP contribution is 2.31. The molecule has 0 spiro atoms. The van der Waals surface area contributed by atoms with Crippen LogP contribution in [0.5, 0.6) is 0 Å². The first-order valence-electron chi connectivity index (χ1n) is 5.30. The van der Waals surface area contributed by atoms with Gasteiger partial charge in [0.25, 0.3) is 0 Å². The number of amides is 2. The average molecular weight is 262 g/mol. The number of halogens is 3. The fourth-order valence-corrected chi connectivity index (χ4v) is 1.24. The van der Waals surface area contributed by atoms with Gasteiger partial charge in [0.1, 0.15) is 0 Å². The third-order valence-electron chi connectivity index (χ3n) is 2.14. The Morgan fingerprint density at radius 2 is 2.11 bits per heavy atom. The summed E-state index contributed by atoms with van der Waals surface area (Å²) >= 11 is 0. The molecule has 0 aromatic heterocycles. The first kappa shape index (κ1) is 14.3. The summed E-state index contributed by atoms with van der Waals surface area (Å²) in [5.41, 5.74) is -1.17. The number of hydrogen-bond donors (Lipinski definition) is 2. The standard InChI is InChI=1S/C11H13F3N2O2/c1-2-6-15-10(17)16(18)9-5-3-4-8(7-9)11(12,13)14/h3-5,7,18H,2,6H2,1H3,(H,15,17). The Labute approximate surface area is 102 Å². The lowest BCUT2D eigenvalue weighted by Gasteiger charge is -2.17. The van der Waals surface area contributed by atoms with Gasteiger partial charge in [-0.2, -0.15) is 18.2 Å². The lowest BCUT2D eigenvalue weighted by molar-refractivity contribution is -0.137. The van der Waals surface area contributed by atoms with Crippen LogP contribution in [0.1, 0.15) is 18.9 Å². The van der Waals surface area contributed by atoms with Gasteiger partial charge < -0.3 is 5.32 Å². The summed E-state index contributed by atoms with van der Waals surface area (Å²) in [7, 11) is 0. The second-order valence-corrected chi connectivity index (χ2v) is 3.59. The van der Waals surface area contributed by atoms with Gasteiger partial charge >= 0.3 is 12.2 Å². The highest BCUT2D eigenvalue weighted by Gasteiger charge is 2.31. The fraction of sp³-hybridized carbons (Fsp3) is 0.364. The minimum Gasteiger partial charge on any atom is -0.336 e. The third kappa shape index (κ3) is 3.63. The Hall–Kier alpha value is -1.76. The number of nitrogens with one attached hydrogen (secondary N) is 1. The summed E-state index contributed by atoms with van der Waals surface area (Å²) in [6.45, 7) is 2.14. The molecule has 0 heterocycles. The second kappa shape index (κ2) is 5.72. The molecule has 18 heavy (non-hydrogen) atoms. The Morgan fingerprint density at radius 3 is 2.67 bits per heavy atom. The summed E-state index contributed by atoms with van der Waals surface area (Å²) in [6.07, 6.45) is -3.86. The van der Waals surface area contributed by atoms with Gasteiger partial charge in [-0.25, -0.2) is 4.79 Å². The maximum absolute atomic E-state index is 12.4. The van der Waals surface area contributed by atoms with Gasteiger partial charge in [-0.1, -0.05) is 13.0 Å². The van der Waals surface area contributed by atoms with Crippen molar-refractivity contribution in [1.29, 1.82) is 0 Å². The normalized spacial score (nSPS) is 11.2. The molecule has 0 aliphatic heterocycles. The van der Waals surface area contributed by atoms with Crippen molar-refractivity contribution in [3.63, 3.8) is 0 Å². The van der Waals surface area contributed by atoms with Gasteiger partial charge in [0.05, 0.1) is 11.3 Å². The fourth-order valence-electron chi connectivity index (χ4n) is 1.24. The summed E-state index contributed by atoms with van der Waals surface area (Å²) < 4.78 is 37.3. The molecule has 1 rings (SSSR count). The van der Waals surface area contributed by atoms with Crippen LogP contribution in [0.15, 0.2) is 24.3 Å². The van der Waals surface area contributed by atoms with E-state index < -0.39 is 17.8 Å². The predicted molar refractivity (Wildman–Crippen MR) is 59.4 cm³/mol. The highest BCUT2D eigenvalue weighted by molar-refractivity contribution is 5.89. The monoisotopic (exact) mass is 262 g/mol. The number of alkyl halides is 3. The Balaban J connectivity index is 2.86. The van der Waals surface area contributed by atoms with Crippen molar-refractivity contribution in [1.82, 2.24) is 5.32 Å². The van der Waals surface area contributed by atoms with Crippen LogP contribution in [0.4, 0.5) is 23.7 Å². The molecule has 0 saturated heterocycles. The quantitative estimate of drug-likeness (QED) is 0.649. The maximum Gasteiger partial charge on any atom is 0.416 e. The Kier molecular flexibility index (Phi) is 4.55. The van der Waals surface area contributed by atoms with E-state index in [0.717, 1.165) is 12.1 Å². The van der Waals surface area contributed by atoms with Crippen LogP contribution in [0.25, 0.3) is 0 Å². The average Bonchev–Trinajstić information content (AvgIpc) is 2.34. The molecule has 2 amide bonds. The number of carbonyl (C=O) groups is 1. The van der Waals surface area contributed by atoms with Crippen LogP contribution in [0.2, 0.25) is 0 Å². The molecule has 0 fully saturated rings. The number of anilines is 1. The lowest BCUT2D eigenvalue weighted by Crippen LogP contribution is -2.38. The van der Waals surface area contributed by atoms with Gasteiger partial charge in [0.15, 0.2) is 0 Å². The van der Waals surface area contributed by atoms with Crippen LogP contribution < -0.4 is 10.4 Å². The molecule has 1 aromatic carbocycles. The minimum absolute atomic E-state index is 0.158. The van der Waals surface area contributed by atoms with Crippen LogP contribution in [0.3, 0.4) is 0 Å². The van der Waals surface area contributed by atoms with E-state index >= 15 is 0 Å². The molecule has 4 nitrogen and oxygen atoms in total. The lowest BCUT2D eigenvalue weighted by atomic mass is 10.2. The van der Waals surface area contributed by atoms with E-state index in [0.29, 0.717) is 19.0 Å². The maximum atomic E-state index is 12.4. The van der Waals surface area contributed by atoms with Crippen molar-refractivity contribution in [3.05, 3.63) is 29.8 Å². The molecule has 0 unspecified atom stereocenters. The minimum atomic E-state index is -4.52. The highest BCUT2D eigenvalue weighted by atomic mass is 19.4.